The van der Waals surface area contributed by atoms with Crippen LogP contribution in [-0.4, -0.2) is 42.0 Å². The predicted molar refractivity (Wildman–Crippen MR) is 99.9 cm³/mol. The average Bonchev–Trinajstić information content (AvgIpc) is 2.59. The van der Waals surface area contributed by atoms with Crippen molar-refractivity contribution in [3.8, 4) is 0 Å². The standard InChI is InChI=1S/C18H19BrClN3O.ClH/c19-16-7-3-2-6-15(16)18(24)21-23-11-9-22(10-12-23)13-14-5-1-4-8-17(14)20;/h1-8H,9-13H2,(H,21,24);1H/p-1. The monoisotopic (exact) mass is 442 g/mol. The lowest BCUT2D eigenvalue weighted by molar-refractivity contribution is -0.0000148. The van der Waals surface area contributed by atoms with Crippen LogP contribution in [0.2, 0.25) is 5.02 Å². The molecule has 134 valence electrons. The number of carbonyl (C=O) groups excluding carboxylic acids is 1. The molecule has 0 aliphatic carbocycles. The van der Waals surface area contributed by atoms with Gasteiger partial charge in [0.2, 0.25) is 0 Å². The Labute approximate surface area is 167 Å². The number of hydrazine groups is 1. The van der Waals surface area contributed by atoms with Gasteiger partial charge in [0.05, 0.1) is 5.56 Å². The molecule has 25 heavy (non-hydrogen) atoms. The zero-order chi connectivity index (χ0) is 16.9. The van der Waals surface area contributed by atoms with E-state index in [2.05, 4.69) is 32.3 Å². The molecular formula is C18H19BrCl2N3O-. The summed E-state index contributed by atoms with van der Waals surface area (Å²) < 4.78 is 0.805. The van der Waals surface area contributed by atoms with E-state index in [1.165, 1.54) is 0 Å². The van der Waals surface area contributed by atoms with E-state index in [0.717, 1.165) is 47.8 Å². The maximum Gasteiger partial charge on any atom is 0.266 e. The molecule has 2 aromatic carbocycles. The molecule has 7 heteroatoms. The van der Waals surface area contributed by atoms with Crippen molar-refractivity contribution < 1.29 is 17.2 Å². The van der Waals surface area contributed by atoms with Gasteiger partial charge in [-0.15, -0.1) is 0 Å². The summed E-state index contributed by atoms with van der Waals surface area (Å²) in [6.07, 6.45) is 0. The fraction of sp³-hybridized carbons (Fsp3) is 0.278. The summed E-state index contributed by atoms with van der Waals surface area (Å²) in [7, 11) is 0. The second kappa shape index (κ2) is 9.55. The molecule has 0 bridgehead atoms. The van der Waals surface area contributed by atoms with E-state index in [4.69, 9.17) is 11.6 Å². The van der Waals surface area contributed by atoms with Crippen LogP contribution in [-0.2, 0) is 6.54 Å². The van der Waals surface area contributed by atoms with Crippen LogP contribution in [0, 0.1) is 0 Å². The van der Waals surface area contributed by atoms with E-state index in [1.807, 2.05) is 47.5 Å². The van der Waals surface area contributed by atoms with Gasteiger partial charge < -0.3 is 12.4 Å². The van der Waals surface area contributed by atoms with Gasteiger partial charge in [-0.25, -0.2) is 5.01 Å². The molecular weight excluding hydrogens is 425 g/mol. The number of piperazine rings is 1. The van der Waals surface area contributed by atoms with E-state index < -0.39 is 0 Å². The summed E-state index contributed by atoms with van der Waals surface area (Å²) >= 11 is 9.64. The van der Waals surface area contributed by atoms with E-state index in [0.29, 0.717) is 5.56 Å². The van der Waals surface area contributed by atoms with Crippen LogP contribution in [0.4, 0.5) is 0 Å². The fourth-order valence-electron chi connectivity index (χ4n) is 2.73. The SMILES string of the molecule is O=C(NN1CCN(Cc2ccccc2Cl)CC1)c1ccccc1Br.[Cl-]. The molecule has 1 saturated heterocycles. The van der Waals surface area contributed by atoms with E-state index in [1.54, 1.807) is 0 Å². The summed E-state index contributed by atoms with van der Waals surface area (Å²) in [4.78, 5) is 14.7. The molecule has 0 aromatic heterocycles. The summed E-state index contributed by atoms with van der Waals surface area (Å²) in [5, 5.41) is 2.78. The van der Waals surface area contributed by atoms with Crippen molar-refractivity contribution in [2.24, 2.45) is 0 Å². The number of hydrogen-bond acceptors (Lipinski definition) is 3. The Bertz CT molecular complexity index is 721. The number of hydrogen-bond donors (Lipinski definition) is 1. The summed E-state index contributed by atoms with van der Waals surface area (Å²) in [6, 6.07) is 15.4. The third-order valence-corrected chi connectivity index (χ3v) is 5.16. The summed E-state index contributed by atoms with van der Waals surface area (Å²) in [5.41, 5.74) is 4.78. The van der Waals surface area contributed by atoms with Gasteiger partial charge in [-0.1, -0.05) is 41.9 Å². The fourth-order valence-corrected chi connectivity index (χ4v) is 3.39. The lowest BCUT2D eigenvalue weighted by Gasteiger charge is -2.34. The minimum absolute atomic E-state index is 0. The maximum atomic E-state index is 12.3. The highest BCUT2D eigenvalue weighted by Gasteiger charge is 2.20. The van der Waals surface area contributed by atoms with Crippen LogP contribution in [0.15, 0.2) is 53.0 Å². The van der Waals surface area contributed by atoms with Gasteiger partial charge in [0, 0.05) is 42.2 Å². The van der Waals surface area contributed by atoms with Gasteiger partial charge in [-0.3, -0.25) is 15.1 Å². The number of amides is 1. The third kappa shape index (κ3) is 5.43. The van der Waals surface area contributed by atoms with Crippen LogP contribution in [0.25, 0.3) is 0 Å². The smallest absolute Gasteiger partial charge is 0.266 e. The molecule has 1 fully saturated rings. The number of carbonyl (C=O) groups is 1. The number of halogens is 3. The highest BCUT2D eigenvalue weighted by atomic mass is 79.9. The Hall–Kier alpha value is -1.11. The Morgan fingerprint density at radius 1 is 1.04 bits per heavy atom. The van der Waals surface area contributed by atoms with Crippen molar-refractivity contribution in [3.05, 3.63) is 69.2 Å². The molecule has 1 aliphatic heterocycles. The van der Waals surface area contributed by atoms with Gasteiger partial charge in [-0.05, 0) is 39.7 Å². The molecule has 0 spiro atoms. The number of nitrogens with one attached hydrogen (secondary N) is 1. The second-order valence-corrected chi connectivity index (χ2v) is 7.04. The maximum absolute atomic E-state index is 12.3. The van der Waals surface area contributed by atoms with Crippen molar-refractivity contribution in [1.82, 2.24) is 15.3 Å². The summed E-state index contributed by atoms with van der Waals surface area (Å²) in [6.45, 7) is 4.20. The van der Waals surface area contributed by atoms with E-state index in [-0.39, 0.29) is 18.3 Å². The first-order chi connectivity index (χ1) is 11.6. The van der Waals surface area contributed by atoms with Crippen molar-refractivity contribution >= 4 is 33.4 Å². The van der Waals surface area contributed by atoms with Gasteiger partial charge in [0.1, 0.15) is 0 Å². The van der Waals surface area contributed by atoms with Crippen molar-refractivity contribution in [2.45, 2.75) is 6.54 Å². The van der Waals surface area contributed by atoms with Crippen molar-refractivity contribution in [3.63, 3.8) is 0 Å². The molecule has 4 nitrogen and oxygen atoms in total. The normalized spacial score (nSPS) is 15.4. The van der Waals surface area contributed by atoms with Crippen molar-refractivity contribution in [2.75, 3.05) is 26.2 Å². The van der Waals surface area contributed by atoms with E-state index in [9.17, 15) is 4.79 Å². The largest absolute Gasteiger partial charge is 1.00 e. The molecule has 0 atom stereocenters. The van der Waals surface area contributed by atoms with Gasteiger partial charge in [0.15, 0.2) is 0 Å². The zero-order valence-electron chi connectivity index (χ0n) is 13.6. The molecule has 1 N–H and O–H groups in total. The van der Waals surface area contributed by atoms with Gasteiger partial charge >= 0.3 is 0 Å². The molecule has 1 heterocycles. The highest BCUT2D eigenvalue weighted by Crippen LogP contribution is 2.18. The first kappa shape index (κ1) is 20.2. The zero-order valence-corrected chi connectivity index (χ0v) is 16.7. The molecule has 2 aromatic rings. The quantitative estimate of drug-likeness (QED) is 0.750. The molecule has 1 aliphatic rings. The van der Waals surface area contributed by atoms with Crippen LogP contribution in [0.3, 0.4) is 0 Å². The Morgan fingerprint density at radius 3 is 2.36 bits per heavy atom. The highest BCUT2D eigenvalue weighted by molar-refractivity contribution is 9.10. The molecule has 1 amide bonds. The first-order valence-electron chi connectivity index (χ1n) is 7.90. The van der Waals surface area contributed by atoms with Gasteiger partial charge in [-0.2, -0.15) is 0 Å². The molecule has 0 saturated carbocycles. The van der Waals surface area contributed by atoms with Crippen LogP contribution >= 0.6 is 27.5 Å². The van der Waals surface area contributed by atoms with Crippen LogP contribution in [0.5, 0.6) is 0 Å². The van der Waals surface area contributed by atoms with Crippen LogP contribution in [0.1, 0.15) is 15.9 Å². The topological polar surface area (TPSA) is 35.6 Å². The molecule has 0 unspecified atom stereocenters. The number of benzene rings is 2. The van der Waals surface area contributed by atoms with Gasteiger partial charge in [0.25, 0.3) is 5.91 Å². The Kier molecular flexibility index (Phi) is 7.72. The van der Waals surface area contributed by atoms with Crippen LogP contribution < -0.4 is 17.8 Å². The third-order valence-electron chi connectivity index (χ3n) is 4.10. The Morgan fingerprint density at radius 2 is 1.68 bits per heavy atom. The minimum atomic E-state index is -0.0815. The first-order valence-corrected chi connectivity index (χ1v) is 9.07. The Balaban J connectivity index is 0.00000225. The number of nitrogens with zero attached hydrogens (tertiary/aromatic N) is 2. The second-order valence-electron chi connectivity index (χ2n) is 5.78. The number of rotatable bonds is 4. The lowest BCUT2D eigenvalue weighted by Crippen LogP contribution is -3.00. The molecule has 0 radical (unpaired) electrons. The lowest BCUT2D eigenvalue weighted by atomic mass is 10.2. The van der Waals surface area contributed by atoms with E-state index >= 15 is 0 Å². The molecule has 3 rings (SSSR count). The predicted octanol–water partition coefficient (Wildman–Crippen LogP) is 0.569. The average molecular weight is 444 g/mol. The minimum Gasteiger partial charge on any atom is -1.00 e. The summed E-state index contributed by atoms with van der Waals surface area (Å²) in [5.74, 6) is -0.0815. The van der Waals surface area contributed by atoms with Crippen molar-refractivity contribution in [1.29, 1.82) is 0 Å².